The molecule has 2 heterocycles. The average Bonchev–Trinajstić information content (AvgIpc) is 3.45. The summed E-state index contributed by atoms with van der Waals surface area (Å²) in [6.07, 6.45) is 1.41. The number of carbonyl (C=O) groups is 2. The molecule has 0 aromatic heterocycles. The Balaban J connectivity index is 0.000000370. The van der Waals surface area contributed by atoms with Crippen molar-refractivity contribution in [3.63, 3.8) is 0 Å². The number of nitrogens with zero attached hydrogens (tertiary/aromatic N) is 2. The molecule has 168 valence electrons. The molecule has 1 amide bonds. The fourth-order valence-electron chi connectivity index (χ4n) is 3.89. The number of ether oxygens (including phenoxy) is 2. The molecule has 2 saturated heterocycles. The second kappa shape index (κ2) is 10.1. The van der Waals surface area contributed by atoms with Gasteiger partial charge in [-0.1, -0.05) is 0 Å². The summed E-state index contributed by atoms with van der Waals surface area (Å²) in [5, 5.41) is 7.12. The molecule has 1 aliphatic carbocycles. The van der Waals surface area contributed by atoms with E-state index in [1.54, 1.807) is 19.0 Å². The summed E-state index contributed by atoms with van der Waals surface area (Å²) in [5.74, 6) is -1.79. The minimum absolute atomic E-state index is 0.0373. The molecular formula is C19H31F3N2O5. The van der Waals surface area contributed by atoms with E-state index in [2.05, 4.69) is 4.90 Å². The summed E-state index contributed by atoms with van der Waals surface area (Å²) >= 11 is 0. The lowest BCUT2D eigenvalue weighted by Crippen LogP contribution is -2.57. The number of hydrogen-bond donors (Lipinski definition) is 1. The first-order valence-corrected chi connectivity index (χ1v) is 9.95. The summed E-state index contributed by atoms with van der Waals surface area (Å²) in [7, 11) is 3.54. The first kappa shape index (κ1) is 23.9. The number of carbonyl (C=O) groups excluding carboxylic acids is 1. The number of carboxylic acids is 1. The van der Waals surface area contributed by atoms with Crippen LogP contribution in [0.4, 0.5) is 13.2 Å². The molecule has 0 aromatic rings. The number of piperidine rings is 1. The maximum Gasteiger partial charge on any atom is 0.490 e. The quantitative estimate of drug-likeness (QED) is 0.703. The standard InChI is InChI=1S/C17H30N2O3.C2HF3O2/c1-18(2)16(20)11-21-13-17-7-3-9-22-15(17)6-8-19(12-17)10-14-4-5-14;3-2(4,5)1(6)7/h14-15H,3-13H2,1-2H3;(H,6,7). The molecule has 3 rings (SSSR count). The zero-order valence-corrected chi connectivity index (χ0v) is 17.0. The van der Waals surface area contributed by atoms with Gasteiger partial charge in [-0.2, -0.15) is 13.2 Å². The Labute approximate surface area is 169 Å². The highest BCUT2D eigenvalue weighted by molar-refractivity contribution is 5.76. The van der Waals surface area contributed by atoms with Crippen molar-refractivity contribution in [1.82, 2.24) is 9.80 Å². The van der Waals surface area contributed by atoms with Gasteiger partial charge in [-0.25, -0.2) is 4.79 Å². The van der Waals surface area contributed by atoms with Gasteiger partial charge in [0.2, 0.25) is 5.91 Å². The Hall–Kier alpha value is -1.39. The summed E-state index contributed by atoms with van der Waals surface area (Å²) < 4.78 is 43.6. The highest BCUT2D eigenvalue weighted by Crippen LogP contribution is 2.41. The normalized spacial score (nSPS) is 27.4. The van der Waals surface area contributed by atoms with E-state index in [0.29, 0.717) is 12.7 Å². The van der Waals surface area contributed by atoms with Crippen molar-refractivity contribution < 1.29 is 37.3 Å². The minimum atomic E-state index is -5.08. The van der Waals surface area contributed by atoms with Gasteiger partial charge < -0.3 is 24.4 Å². The molecule has 1 N–H and O–H groups in total. The van der Waals surface area contributed by atoms with E-state index in [0.717, 1.165) is 44.9 Å². The van der Waals surface area contributed by atoms with Crippen LogP contribution in [0.15, 0.2) is 0 Å². The van der Waals surface area contributed by atoms with Gasteiger partial charge in [0.25, 0.3) is 0 Å². The molecule has 1 saturated carbocycles. The maximum absolute atomic E-state index is 11.7. The molecule has 0 aromatic carbocycles. The highest BCUT2D eigenvalue weighted by Gasteiger charge is 2.46. The van der Waals surface area contributed by atoms with Gasteiger partial charge in [-0.15, -0.1) is 0 Å². The number of aliphatic carboxylic acids is 1. The maximum atomic E-state index is 11.7. The van der Waals surface area contributed by atoms with Crippen molar-refractivity contribution in [2.24, 2.45) is 11.3 Å². The fourth-order valence-corrected chi connectivity index (χ4v) is 3.89. The lowest BCUT2D eigenvalue weighted by molar-refractivity contribution is -0.192. The van der Waals surface area contributed by atoms with E-state index in [1.807, 2.05) is 0 Å². The third-order valence-electron chi connectivity index (χ3n) is 5.64. The van der Waals surface area contributed by atoms with Crippen LogP contribution in [0.3, 0.4) is 0 Å². The fraction of sp³-hybridized carbons (Fsp3) is 0.895. The third-order valence-corrected chi connectivity index (χ3v) is 5.64. The lowest BCUT2D eigenvalue weighted by atomic mass is 9.73. The molecule has 2 aliphatic heterocycles. The summed E-state index contributed by atoms with van der Waals surface area (Å²) in [6, 6.07) is 0. The second-order valence-electron chi connectivity index (χ2n) is 8.38. The van der Waals surface area contributed by atoms with Gasteiger partial charge in [0, 0.05) is 45.8 Å². The van der Waals surface area contributed by atoms with E-state index in [9.17, 15) is 18.0 Å². The topological polar surface area (TPSA) is 79.3 Å². The van der Waals surface area contributed by atoms with Crippen molar-refractivity contribution in [1.29, 1.82) is 0 Å². The van der Waals surface area contributed by atoms with Gasteiger partial charge in [0.15, 0.2) is 0 Å². The van der Waals surface area contributed by atoms with E-state index in [1.165, 1.54) is 19.4 Å². The van der Waals surface area contributed by atoms with Crippen LogP contribution in [-0.2, 0) is 19.1 Å². The molecule has 0 radical (unpaired) electrons. The van der Waals surface area contributed by atoms with Crippen LogP contribution >= 0.6 is 0 Å². The van der Waals surface area contributed by atoms with Gasteiger partial charge in [-0.05, 0) is 38.0 Å². The number of likely N-dealkylation sites (N-methyl/N-ethyl adjacent to an activating group) is 1. The van der Waals surface area contributed by atoms with Crippen LogP contribution in [0.2, 0.25) is 0 Å². The number of alkyl halides is 3. The number of carboxylic acid groups (broad SMARTS) is 1. The number of hydrogen-bond acceptors (Lipinski definition) is 5. The first-order valence-electron chi connectivity index (χ1n) is 9.95. The Kier molecular flexibility index (Phi) is 8.30. The van der Waals surface area contributed by atoms with Crippen molar-refractivity contribution in [3.05, 3.63) is 0 Å². The molecule has 29 heavy (non-hydrogen) atoms. The number of amides is 1. The number of fused-ring (bicyclic) bond motifs is 1. The van der Waals surface area contributed by atoms with Crippen LogP contribution in [-0.4, -0.2) is 92.6 Å². The summed E-state index contributed by atoms with van der Waals surface area (Å²) in [5.41, 5.74) is 0.0952. The Morgan fingerprint density at radius 3 is 2.48 bits per heavy atom. The molecule has 0 bridgehead atoms. The average molecular weight is 424 g/mol. The predicted molar refractivity (Wildman–Crippen MR) is 98.4 cm³/mol. The van der Waals surface area contributed by atoms with Crippen molar-refractivity contribution >= 4 is 11.9 Å². The van der Waals surface area contributed by atoms with Crippen LogP contribution in [0.1, 0.15) is 32.1 Å². The molecule has 3 fully saturated rings. The summed E-state index contributed by atoms with van der Waals surface area (Å²) in [4.78, 5) is 24.8. The van der Waals surface area contributed by atoms with Crippen molar-refractivity contribution in [2.45, 2.75) is 44.4 Å². The smallest absolute Gasteiger partial charge is 0.475 e. The van der Waals surface area contributed by atoms with Gasteiger partial charge in [0.1, 0.15) is 6.61 Å². The zero-order valence-electron chi connectivity index (χ0n) is 17.0. The minimum Gasteiger partial charge on any atom is -0.475 e. The largest absolute Gasteiger partial charge is 0.490 e. The predicted octanol–water partition coefficient (Wildman–Crippen LogP) is 2.01. The molecule has 2 unspecified atom stereocenters. The lowest BCUT2D eigenvalue weighted by Gasteiger charge is -2.50. The van der Waals surface area contributed by atoms with Gasteiger partial charge >= 0.3 is 12.1 Å². The van der Waals surface area contributed by atoms with Crippen LogP contribution in [0.25, 0.3) is 0 Å². The third kappa shape index (κ3) is 7.42. The molecule has 0 spiro atoms. The molecule has 7 nitrogen and oxygen atoms in total. The Morgan fingerprint density at radius 1 is 1.28 bits per heavy atom. The van der Waals surface area contributed by atoms with Crippen molar-refractivity contribution in [2.75, 3.05) is 53.6 Å². The SMILES string of the molecule is CN(C)C(=O)COCC12CCCOC1CCN(CC1CC1)C2.O=C(O)C(F)(F)F. The second-order valence-corrected chi connectivity index (χ2v) is 8.38. The Morgan fingerprint density at radius 2 is 1.93 bits per heavy atom. The van der Waals surface area contributed by atoms with Crippen LogP contribution in [0, 0.1) is 11.3 Å². The Bertz CT molecular complexity index is 569. The molecule has 3 aliphatic rings. The highest BCUT2D eigenvalue weighted by atomic mass is 19.4. The number of rotatable bonds is 6. The number of halogens is 3. The number of likely N-dealkylation sites (tertiary alicyclic amines) is 1. The van der Waals surface area contributed by atoms with E-state index in [-0.39, 0.29) is 17.9 Å². The van der Waals surface area contributed by atoms with Crippen LogP contribution < -0.4 is 0 Å². The van der Waals surface area contributed by atoms with E-state index in [4.69, 9.17) is 19.4 Å². The van der Waals surface area contributed by atoms with E-state index >= 15 is 0 Å². The monoisotopic (exact) mass is 424 g/mol. The van der Waals surface area contributed by atoms with Crippen LogP contribution in [0.5, 0.6) is 0 Å². The van der Waals surface area contributed by atoms with Gasteiger partial charge in [-0.3, -0.25) is 4.79 Å². The zero-order chi connectivity index (χ0) is 21.7. The van der Waals surface area contributed by atoms with Gasteiger partial charge in [0.05, 0.1) is 12.7 Å². The molecular weight excluding hydrogens is 393 g/mol. The van der Waals surface area contributed by atoms with Crippen molar-refractivity contribution in [3.8, 4) is 0 Å². The molecule has 10 heteroatoms. The van der Waals surface area contributed by atoms with E-state index < -0.39 is 12.1 Å². The summed E-state index contributed by atoms with van der Waals surface area (Å²) in [6.45, 7) is 5.18. The first-order chi connectivity index (χ1) is 13.5. The molecule has 2 atom stereocenters.